The van der Waals surface area contributed by atoms with Crippen LogP contribution in [0.4, 0.5) is 0 Å². The number of H-pyrrole nitrogens is 1. The molecule has 3 rings (SSSR count). The molecule has 0 bridgehead atoms. The largest absolute Gasteiger partial charge is 0.394 e. The van der Waals surface area contributed by atoms with E-state index >= 15 is 0 Å². The highest BCUT2D eigenvalue weighted by molar-refractivity contribution is 5.09. The van der Waals surface area contributed by atoms with Crippen molar-refractivity contribution in [3.8, 4) is 0 Å². The summed E-state index contributed by atoms with van der Waals surface area (Å²) in [5.74, 6) is 0.107. The van der Waals surface area contributed by atoms with Gasteiger partial charge in [0.25, 0.3) is 5.56 Å². The van der Waals surface area contributed by atoms with E-state index in [1.165, 1.54) is 0 Å². The lowest BCUT2D eigenvalue weighted by Crippen LogP contribution is -2.37. The molecule has 2 heterocycles. The van der Waals surface area contributed by atoms with E-state index in [0.717, 1.165) is 17.5 Å². The van der Waals surface area contributed by atoms with Crippen molar-refractivity contribution in [3.63, 3.8) is 0 Å². The Morgan fingerprint density at radius 3 is 2.74 bits per heavy atom. The van der Waals surface area contributed by atoms with Gasteiger partial charge in [0.1, 0.15) is 11.8 Å². The van der Waals surface area contributed by atoms with Gasteiger partial charge in [-0.05, 0) is 12.8 Å². The van der Waals surface area contributed by atoms with Crippen molar-refractivity contribution in [2.45, 2.75) is 43.6 Å². The minimum atomic E-state index is -0.847. The Hall–Kier alpha value is -1.51. The molecule has 1 saturated carbocycles. The lowest BCUT2D eigenvalue weighted by atomic mass is 10.2. The molecule has 1 saturated heterocycles. The monoisotopic (exact) mass is 269 g/mol. The van der Waals surface area contributed by atoms with Gasteiger partial charge in [0.2, 0.25) is 0 Å². The third-order valence-corrected chi connectivity index (χ3v) is 3.50. The van der Waals surface area contributed by atoms with Crippen molar-refractivity contribution in [2.24, 2.45) is 0 Å². The van der Waals surface area contributed by atoms with Crippen LogP contribution in [-0.2, 0) is 4.74 Å². The second-order valence-electron chi connectivity index (χ2n) is 4.98. The number of aromatic nitrogens is 3. The molecule has 2 aliphatic rings. The summed E-state index contributed by atoms with van der Waals surface area (Å²) >= 11 is 0. The molecule has 1 aliphatic heterocycles. The second-order valence-corrected chi connectivity index (χ2v) is 4.98. The second kappa shape index (κ2) is 4.55. The molecule has 1 aliphatic carbocycles. The number of aliphatic hydroxyl groups excluding tert-OH is 2. The summed E-state index contributed by atoms with van der Waals surface area (Å²) in [5, 5.41) is 22.7. The van der Waals surface area contributed by atoms with Crippen molar-refractivity contribution in [3.05, 3.63) is 26.5 Å². The summed E-state index contributed by atoms with van der Waals surface area (Å²) < 4.78 is 6.41. The van der Waals surface area contributed by atoms with Crippen molar-refractivity contribution in [1.82, 2.24) is 14.8 Å². The van der Waals surface area contributed by atoms with Crippen molar-refractivity contribution < 1.29 is 14.9 Å². The number of aromatic amines is 1. The molecule has 8 heteroatoms. The molecule has 8 nitrogen and oxygen atoms in total. The smallest absolute Gasteiger partial charge is 0.347 e. The summed E-state index contributed by atoms with van der Waals surface area (Å²) in [7, 11) is 0. The number of hydrogen-bond donors (Lipinski definition) is 3. The molecule has 0 spiro atoms. The van der Waals surface area contributed by atoms with Gasteiger partial charge in [-0.3, -0.25) is 9.78 Å². The number of nitrogens with one attached hydrogen (secondary N) is 1. The van der Waals surface area contributed by atoms with Gasteiger partial charge in [0, 0.05) is 12.3 Å². The van der Waals surface area contributed by atoms with Gasteiger partial charge in [0.05, 0.1) is 12.7 Å². The van der Waals surface area contributed by atoms with Crippen LogP contribution in [0.15, 0.2) is 9.59 Å². The maximum absolute atomic E-state index is 11.7. The van der Waals surface area contributed by atoms with Gasteiger partial charge in [-0.1, -0.05) is 0 Å². The predicted octanol–water partition coefficient (Wildman–Crippen LogP) is -1.55. The van der Waals surface area contributed by atoms with Crippen LogP contribution in [0.3, 0.4) is 0 Å². The number of rotatable bonds is 3. The molecule has 1 aromatic heterocycles. The lowest BCUT2D eigenvalue weighted by molar-refractivity contribution is -0.0508. The van der Waals surface area contributed by atoms with E-state index in [9.17, 15) is 14.7 Å². The van der Waals surface area contributed by atoms with E-state index in [0.29, 0.717) is 5.69 Å². The van der Waals surface area contributed by atoms with Crippen molar-refractivity contribution in [1.29, 1.82) is 0 Å². The van der Waals surface area contributed by atoms with Crippen LogP contribution in [0.5, 0.6) is 0 Å². The Kier molecular flexibility index (Phi) is 3.00. The molecule has 19 heavy (non-hydrogen) atoms. The number of ether oxygens (including phenoxy) is 1. The van der Waals surface area contributed by atoms with Crippen LogP contribution in [0.25, 0.3) is 0 Å². The van der Waals surface area contributed by atoms with Crippen molar-refractivity contribution in [2.75, 3.05) is 6.61 Å². The zero-order valence-electron chi connectivity index (χ0n) is 10.2. The first-order chi connectivity index (χ1) is 9.10. The van der Waals surface area contributed by atoms with Crippen LogP contribution in [0, 0.1) is 0 Å². The maximum Gasteiger partial charge on any atom is 0.347 e. The minimum absolute atomic E-state index is 0.107. The average molecular weight is 269 g/mol. The number of nitrogens with zero attached hydrogens (tertiary/aromatic N) is 2. The SMILES string of the molecule is O=c1[nH]c(=O)n([C@H]2C[C@H](O)[C@@H](CO)O2)nc1C1CC1. The Morgan fingerprint density at radius 2 is 2.16 bits per heavy atom. The molecule has 0 radical (unpaired) electrons. The van der Waals surface area contributed by atoms with Gasteiger partial charge >= 0.3 is 5.69 Å². The fraction of sp³-hybridized carbons (Fsp3) is 0.727. The first kappa shape index (κ1) is 12.5. The van der Waals surface area contributed by atoms with Gasteiger partial charge < -0.3 is 14.9 Å². The highest BCUT2D eigenvalue weighted by Gasteiger charge is 2.37. The molecule has 1 aromatic rings. The first-order valence-corrected chi connectivity index (χ1v) is 6.27. The number of hydrogen-bond acceptors (Lipinski definition) is 6. The Labute approximate surface area is 107 Å². The summed E-state index contributed by atoms with van der Waals surface area (Å²) in [6.45, 7) is -0.328. The minimum Gasteiger partial charge on any atom is -0.394 e. The van der Waals surface area contributed by atoms with Gasteiger partial charge in [0.15, 0.2) is 6.23 Å². The topological polar surface area (TPSA) is 117 Å². The van der Waals surface area contributed by atoms with Gasteiger partial charge in [-0.25, -0.2) is 4.79 Å². The van der Waals surface area contributed by atoms with E-state index in [-0.39, 0.29) is 18.9 Å². The summed E-state index contributed by atoms with van der Waals surface area (Å²) in [6, 6.07) is 0. The van der Waals surface area contributed by atoms with Crippen LogP contribution in [0.2, 0.25) is 0 Å². The van der Waals surface area contributed by atoms with E-state index < -0.39 is 29.7 Å². The molecule has 0 aromatic carbocycles. The fourth-order valence-electron chi connectivity index (χ4n) is 2.27. The lowest BCUT2D eigenvalue weighted by Gasteiger charge is -2.13. The zero-order chi connectivity index (χ0) is 13.6. The normalized spacial score (nSPS) is 30.7. The standard InChI is InChI=1S/C11H15N3O5/c15-4-7-6(16)3-8(19-7)14-11(18)12-10(17)9(13-14)5-1-2-5/h5-8,15-16H,1-4H2,(H,12,17,18)/t6-,7+,8+/m0/s1. The van der Waals surface area contributed by atoms with Crippen LogP contribution < -0.4 is 11.2 Å². The fourth-order valence-corrected chi connectivity index (χ4v) is 2.27. The third kappa shape index (κ3) is 2.22. The average Bonchev–Trinajstić information content (AvgIpc) is 3.13. The molecule has 2 fully saturated rings. The quantitative estimate of drug-likeness (QED) is 0.611. The Balaban J connectivity index is 1.95. The molecule has 0 unspecified atom stereocenters. The van der Waals surface area contributed by atoms with E-state index in [1.54, 1.807) is 0 Å². The van der Waals surface area contributed by atoms with Crippen LogP contribution in [0.1, 0.15) is 37.1 Å². The summed E-state index contributed by atoms with van der Waals surface area (Å²) in [5.41, 5.74) is -0.781. The maximum atomic E-state index is 11.7. The highest BCUT2D eigenvalue weighted by Crippen LogP contribution is 2.37. The van der Waals surface area contributed by atoms with Crippen LogP contribution in [-0.4, -0.2) is 43.8 Å². The molecule has 104 valence electrons. The predicted molar refractivity (Wildman–Crippen MR) is 62.7 cm³/mol. The molecular weight excluding hydrogens is 254 g/mol. The Morgan fingerprint density at radius 1 is 1.42 bits per heavy atom. The molecule has 3 N–H and O–H groups in total. The third-order valence-electron chi connectivity index (χ3n) is 3.50. The van der Waals surface area contributed by atoms with E-state index in [1.807, 2.05) is 0 Å². The molecule has 3 atom stereocenters. The summed E-state index contributed by atoms with van der Waals surface area (Å²) in [4.78, 5) is 25.6. The molecular formula is C11H15N3O5. The van der Waals surface area contributed by atoms with E-state index in [4.69, 9.17) is 9.84 Å². The van der Waals surface area contributed by atoms with Gasteiger partial charge in [-0.2, -0.15) is 9.78 Å². The van der Waals surface area contributed by atoms with Crippen molar-refractivity contribution >= 4 is 0 Å². The zero-order valence-corrected chi connectivity index (χ0v) is 10.2. The number of aliphatic hydroxyl groups is 2. The van der Waals surface area contributed by atoms with Gasteiger partial charge in [-0.15, -0.1) is 0 Å². The Bertz CT molecular complexity index is 591. The summed E-state index contributed by atoms with van der Waals surface area (Å²) in [6.07, 6.45) is -0.387. The first-order valence-electron chi connectivity index (χ1n) is 6.27. The van der Waals surface area contributed by atoms with Crippen LogP contribution >= 0.6 is 0 Å². The molecule has 0 amide bonds. The van der Waals surface area contributed by atoms with E-state index in [2.05, 4.69) is 10.1 Å². The highest BCUT2D eigenvalue weighted by atomic mass is 16.5.